The van der Waals surface area contributed by atoms with E-state index >= 15 is 0 Å². The monoisotopic (exact) mass is 253 g/mol. The van der Waals surface area contributed by atoms with Crippen LogP contribution in [0.3, 0.4) is 0 Å². The van der Waals surface area contributed by atoms with Crippen LogP contribution in [0, 0.1) is 0 Å². The highest BCUT2D eigenvalue weighted by atomic mass is 19.4. The molecule has 0 unspecified atom stereocenters. The Morgan fingerprint density at radius 3 is 2.12 bits per heavy atom. The maximum atomic E-state index is 12.2. The molecule has 0 saturated carbocycles. The molecule has 1 heterocycles. The summed E-state index contributed by atoms with van der Waals surface area (Å²) in [4.78, 5) is 3.70. The number of hydrogen-bond donors (Lipinski definition) is 1. The zero-order valence-electron chi connectivity index (χ0n) is 10.4. The highest BCUT2D eigenvalue weighted by Gasteiger charge is 2.31. The Morgan fingerprint density at radius 1 is 1.00 bits per heavy atom. The van der Waals surface area contributed by atoms with Gasteiger partial charge in [0.2, 0.25) is 0 Å². The molecular weight excluding hydrogens is 231 g/mol. The summed E-state index contributed by atoms with van der Waals surface area (Å²) in [5.41, 5.74) is 0. The van der Waals surface area contributed by atoms with Crippen molar-refractivity contribution in [3.8, 4) is 0 Å². The van der Waals surface area contributed by atoms with Gasteiger partial charge in [-0.2, -0.15) is 13.2 Å². The van der Waals surface area contributed by atoms with E-state index < -0.39 is 12.7 Å². The molecule has 0 aliphatic carbocycles. The Morgan fingerprint density at radius 2 is 1.59 bits per heavy atom. The summed E-state index contributed by atoms with van der Waals surface area (Å²) in [6.07, 6.45) is -2.95. The highest BCUT2D eigenvalue weighted by molar-refractivity contribution is 4.74. The van der Waals surface area contributed by atoms with Crippen molar-refractivity contribution in [1.29, 1.82) is 0 Å². The van der Waals surface area contributed by atoms with Gasteiger partial charge in [-0.1, -0.05) is 6.92 Å². The van der Waals surface area contributed by atoms with Crippen LogP contribution in [0.15, 0.2) is 0 Å². The van der Waals surface area contributed by atoms with E-state index in [1.54, 1.807) is 0 Å². The lowest BCUT2D eigenvalue weighted by atomic mass is 10.3. The molecule has 0 radical (unpaired) electrons. The van der Waals surface area contributed by atoms with Crippen LogP contribution >= 0.6 is 0 Å². The van der Waals surface area contributed by atoms with Crippen LogP contribution in [0.4, 0.5) is 13.2 Å². The fourth-order valence-corrected chi connectivity index (χ4v) is 1.96. The molecule has 0 aromatic heterocycles. The van der Waals surface area contributed by atoms with E-state index in [1.807, 2.05) is 0 Å². The fraction of sp³-hybridized carbons (Fsp3) is 1.00. The standard InChI is InChI=1S/C11H22F3N3/c1-2-3-15-4-5-16-6-8-17(9-7-16)10-11(12,13)14/h15H,2-10H2,1H3. The number of alkyl halides is 3. The number of piperazine rings is 1. The predicted octanol–water partition coefficient (Wildman–Crippen LogP) is 1.17. The van der Waals surface area contributed by atoms with Crippen molar-refractivity contribution in [2.75, 3.05) is 52.4 Å². The molecule has 1 saturated heterocycles. The van der Waals surface area contributed by atoms with E-state index in [-0.39, 0.29) is 0 Å². The van der Waals surface area contributed by atoms with Gasteiger partial charge in [-0.15, -0.1) is 0 Å². The summed E-state index contributed by atoms with van der Waals surface area (Å²) < 4.78 is 36.5. The molecule has 3 nitrogen and oxygen atoms in total. The van der Waals surface area contributed by atoms with Crippen LogP contribution in [0.25, 0.3) is 0 Å². The van der Waals surface area contributed by atoms with E-state index in [4.69, 9.17) is 0 Å². The first-order valence-corrected chi connectivity index (χ1v) is 6.23. The topological polar surface area (TPSA) is 18.5 Å². The summed E-state index contributed by atoms with van der Waals surface area (Å²) in [5, 5.41) is 3.30. The Labute approximate surface area is 101 Å². The van der Waals surface area contributed by atoms with Gasteiger partial charge in [0.05, 0.1) is 6.54 Å². The lowest BCUT2D eigenvalue weighted by molar-refractivity contribution is -0.149. The molecular formula is C11H22F3N3. The summed E-state index contributed by atoms with van der Waals surface area (Å²) >= 11 is 0. The van der Waals surface area contributed by atoms with Crippen molar-refractivity contribution in [2.45, 2.75) is 19.5 Å². The zero-order valence-corrected chi connectivity index (χ0v) is 10.4. The summed E-state index contributed by atoms with van der Waals surface area (Å²) in [6, 6.07) is 0. The van der Waals surface area contributed by atoms with Crippen LogP contribution < -0.4 is 5.32 Å². The van der Waals surface area contributed by atoms with Crippen LogP contribution in [0.1, 0.15) is 13.3 Å². The van der Waals surface area contributed by atoms with Crippen molar-refractivity contribution in [1.82, 2.24) is 15.1 Å². The molecule has 1 aliphatic heterocycles. The first-order valence-electron chi connectivity index (χ1n) is 6.23. The molecule has 0 bridgehead atoms. The molecule has 1 fully saturated rings. The van der Waals surface area contributed by atoms with Gasteiger partial charge < -0.3 is 5.32 Å². The molecule has 0 aromatic carbocycles. The first-order chi connectivity index (χ1) is 8.01. The minimum Gasteiger partial charge on any atom is -0.315 e. The van der Waals surface area contributed by atoms with Gasteiger partial charge in [-0.3, -0.25) is 9.80 Å². The molecule has 1 N–H and O–H groups in total. The average molecular weight is 253 g/mol. The summed E-state index contributed by atoms with van der Waals surface area (Å²) in [7, 11) is 0. The fourth-order valence-electron chi connectivity index (χ4n) is 1.96. The SMILES string of the molecule is CCCNCCN1CCN(CC(F)(F)F)CC1. The lowest BCUT2D eigenvalue weighted by Gasteiger charge is -2.34. The number of hydrogen-bond acceptors (Lipinski definition) is 3. The summed E-state index contributed by atoms with van der Waals surface area (Å²) in [5.74, 6) is 0. The molecule has 0 amide bonds. The van der Waals surface area contributed by atoms with E-state index in [0.29, 0.717) is 13.1 Å². The van der Waals surface area contributed by atoms with E-state index in [9.17, 15) is 13.2 Å². The maximum Gasteiger partial charge on any atom is 0.401 e. The minimum atomic E-state index is -4.06. The van der Waals surface area contributed by atoms with Crippen molar-refractivity contribution in [2.24, 2.45) is 0 Å². The third-order valence-corrected chi connectivity index (χ3v) is 2.90. The smallest absolute Gasteiger partial charge is 0.315 e. The van der Waals surface area contributed by atoms with Gasteiger partial charge in [0, 0.05) is 39.3 Å². The first kappa shape index (κ1) is 14.7. The van der Waals surface area contributed by atoms with Crippen molar-refractivity contribution < 1.29 is 13.2 Å². The normalized spacial score (nSPS) is 19.8. The maximum absolute atomic E-state index is 12.2. The molecule has 0 spiro atoms. The van der Waals surface area contributed by atoms with Crippen LogP contribution in [0.2, 0.25) is 0 Å². The largest absolute Gasteiger partial charge is 0.401 e. The number of nitrogens with zero attached hydrogens (tertiary/aromatic N) is 2. The number of halogens is 3. The highest BCUT2D eigenvalue weighted by Crippen LogP contribution is 2.17. The summed E-state index contributed by atoms with van der Waals surface area (Å²) in [6.45, 7) is 6.73. The minimum absolute atomic E-state index is 0.521. The second kappa shape index (κ2) is 7.18. The second-order valence-corrected chi connectivity index (χ2v) is 4.48. The van der Waals surface area contributed by atoms with E-state index in [2.05, 4.69) is 17.1 Å². The van der Waals surface area contributed by atoms with Gasteiger partial charge in [-0.25, -0.2) is 0 Å². The van der Waals surface area contributed by atoms with Gasteiger partial charge in [0.1, 0.15) is 0 Å². The Balaban J connectivity index is 2.09. The molecule has 17 heavy (non-hydrogen) atoms. The lowest BCUT2D eigenvalue weighted by Crippen LogP contribution is -2.50. The molecule has 0 aromatic rings. The third-order valence-electron chi connectivity index (χ3n) is 2.90. The van der Waals surface area contributed by atoms with Crippen LogP contribution in [-0.2, 0) is 0 Å². The van der Waals surface area contributed by atoms with Crippen molar-refractivity contribution >= 4 is 0 Å². The van der Waals surface area contributed by atoms with E-state index in [1.165, 1.54) is 4.90 Å². The number of rotatable bonds is 6. The predicted molar refractivity (Wildman–Crippen MR) is 62.1 cm³/mol. The zero-order chi connectivity index (χ0) is 12.7. The van der Waals surface area contributed by atoms with Gasteiger partial charge >= 0.3 is 6.18 Å². The molecule has 0 atom stereocenters. The average Bonchev–Trinajstić information content (AvgIpc) is 2.25. The quantitative estimate of drug-likeness (QED) is 0.717. The van der Waals surface area contributed by atoms with Gasteiger partial charge in [-0.05, 0) is 13.0 Å². The Bertz CT molecular complexity index is 201. The van der Waals surface area contributed by atoms with Gasteiger partial charge in [0.15, 0.2) is 0 Å². The van der Waals surface area contributed by atoms with E-state index in [0.717, 1.165) is 39.1 Å². The van der Waals surface area contributed by atoms with Crippen molar-refractivity contribution in [3.05, 3.63) is 0 Å². The van der Waals surface area contributed by atoms with Gasteiger partial charge in [0.25, 0.3) is 0 Å². The molecule has 6 heteroatoms. The van der Waals surface area contributed by atoms with Crippen molar-refractivity contribution in [3.63, 3.8) is 0 Å². The Kier molecular flexibility index (Phi) is 6.22. The van der Waals surface area contributed by atoms with Crippen LogP contribution in [0.5, 0.6) is 0 Å². The number of nitrogens with one attached hydrogen (secondary N) is 1. The third kappa shape index (κ3) is 6.85. The van der Waals surface area contributed by atoms with Crippen LogP contribution in [-0.4, -0.2) is 68.3 Å². The molecule has 1 rings (SSSR count). The molecule has 1 aliphatic rings. The second-order valence-electron chi connectivity index (χ2n) is 4.48. The molecule has 102 valence electrons. The Hall–Kier alpha value is -0.330.